The Labute approximate surface area is 156 Å². The topological polar surface area (TPSA) is 38.3 Å². The molecular formula is C19H22BrNO2S. The summed E-state index contributed by atoms with van der Waals surface area (Å²) in [5, 5.41) is 2.97. The molecule has 0 saturated carbocycles. The van der Waals surface area contributed by atoms with Crippen molar-refractivity contribution in [2.75, 3.05) is 12.4 Å². The predicted molar refractivity (Wildman–Crippen MR) is 105 cm³/mol. The Balaban J connectivity index is 1.66. The number of rotatable bonds is 8. The summed E-state index contributed by atoms with van der Waals surface area (Å²) in [5.41, 5.74) is 2.31. The molecule has 0 aliphatic rings. The summed E-state index contributed by atoms with van der Waals surface area (Å²) >= 11 is 5.03. The third-order valence-corrected chi connectivity index (χ3v) is 4.94. The maximum absolute atomic E-state index is 12.0. The molecule has 3 nitrogen and oxygen atoms in total. The van der Waals surface area contributed by atoms with E-state index >= 15 is 0 Å². The molecule has 1 amide bonds. The molecule has 0 aliphatic heterocycles. The van der Waals surface area contributed by atoms with Gasteiger partial charge in [0.15, 0.2) is 0 Å². The Bertz CT molecular complexity index is 661. The molecular weight excluding hydrogens is 386 g/mol. The van der Waals surface area contributed by atoms with Crippen LogP contribution in [0.2, 0.25) is 0 Å². The van der Waals surface area contributed by atoms with Crippen molar-refractivity contribution in [3.05, 3.63) is 64.1 Å². The van der Waals surface area contributed by atoms with Gasteiger partial charge in [-0.2, -0.15) is 0 Å². The summed E-state index contributed by atoms with van der Waals surface area (Å²) in [5.74, 6) is 2.18. The number of carbonyl (C=O) groups is 1. The zero-order valence-corrected chi connectivity index (χ0v) is 16.3. The lowest BCUT2D eigenvalue weighted by Crippen LogP contribution is -2.37. The first kappa shape index (κ1) is 18.9. The van der Waals surface area contributed by atoms with E-state index in [4.69, 9.17) is 4.74 Å². The Morgan fingerprint density at radius 1 is 1.21 bits per heavy atom. The number of hydrogen-bond donors (Lipinski definition) is 1. The van der Waals surface area contributed by atoms with Crippen molar-refractivity contribution in [1.82, 2.24) is 5.32 Å². The van der Waals surface area contributed by atoms with Gasteiger partial charge in [0.2, 0.25) is 5.91 Å². The molecule has 0 aliphatic carbocycles. The molecule has 5 heteroatoms. The van der Waals surface area contributed by atoms with E-state index in [9.17, 15) is 4.79 Å². The second kappa shape index (κ2) is 9.74. The number of benzene rings is 2. The number of aryl methyl sites for hydroxylation is 1. The average molecular weight is 408 g/mol. The molecule has 1 atom stereocenters. The minimum atomic E-state index is -0.0228. The molecule has 0 fully saturated rings. The first-order chi connectivity index (χ1) is 11.5. The highest BCUT2D eigenvalue weighted by atomic mass is 79.9. The van der Waals surface area contributed by atoms with E-state index in [1.54, 1.807) is 11.8 Å². The van der Waals surface area contributed by atoms with E-state index in [1.807, 2.05) is 50.2 Å². The Morgan fingerprint density at radius 2 is 1.92 bits per heavy atom. The first-order valence-corrected chi connectivity index (χ1v) is 9.79. The van der Waals surface area contributed by atoms with Gasteiger partial charge < -0.3 is 10.1 Å². The number of carbonyl (C=O) groups excluding carboxylic acids is 1. The fourth-order valence-corrected chi connectivity index (χ4v) is 3.20. The summed E-state index contributed by atoms with van der Waals surface area (Å²) in [4.78, 5) is 12.0. The largest absolute Gasteiger partial charge is 0.491 e. The van der Waals surface area contributed by atoms with Crippen LogP contribution in [0.15, 0.2) is 53.0 Å². The zero-order chi connectivity index (χ0) is 17.4. The minimum Gasteiger partial charge on any atom is -0.491 e. The van der Waals surface area contributed by atoms with Crippen LogP contribution in [0.5, 0.6) is 5.75 Å². The fourth-order valence-electron chi connectivity index (χ4n) is 2.13. The van der Waals surface area contributed by atoms with Crippen LogP contribution >= 0.6 is 27.7 Å². The van der Waals surface area contributed by atoms with Crippen molar-refractivity contribution >= 4 is 33.6 Å². The molecule has 0 radical (unpaired) electrons. The molecule has 2 aromatic carbocycles. The molecule has 128 valence electrons. The lowest BCUT2D eigenvalue weighted by Gasteiger charge is -2.16. The van der Waals surface area contributed by atoms with Crippen molar-refractivity contribution in [3.63, 3.8) is 0 Å². The molecule has 0 bridgehead atoms. The monoisotopic (exact) mass is 407 g/mol. The Hall–Kier alpha value is -1.46. The Kier molecular flexibility index (Phi) is 7.66. The predicted octanol–water partition coefficient (Wildman–Crippen LogP) is 4.57. The molecule has 0 aromatic heterocycles. The van der Waals surface area contributed by atoms with Gasteiger partial charge in [0.1, 0.15) is 12.4 Å². The van der Waals surface area contributed by atoms with Crippen LogP contribution < -0.4 is 10.1 Å². The summed E-state index contributed by atoms with van der Waals surface area (Å²) < 4.78 is 6.82. The van der Waals surface area contributed by atoms with Crippen molar-refractivity contribution < 1.29 is 9.53 Å². The number of para-hydroxylation sites is 1. The standard InChI is InChI=1S/C19H22BrNO2S/c1-14-5-3-4-6-18(14)23-11-15(2)21-19(22)13-24-12-16-7-9-17(20)10-8-16/h3-10,15H,11-13H2,1-2H3,(H,21,22)/t15-/m1/s1. The maximum Gasteiger partial charge on any atom is 0.230 e. The van der Waals surface area contributed by atoms with Crippen molar-refractivity contribution in [3.8, 4) is 5.75 Å². The third-order valence-electron chi connectivity index (χ3n) is 3.40. The molecule has 0 unspecified atom stereocenters. The van der Waals surface area contributed by atoms with E-state index in [-0.39, 0.29) is 11.9 Å². The van der Waals surface area contributed by atoms with Crippen LogP contribution in [-0.2, 0) is 10.5 Å². The quantitative estimate of drug-likeness (QED) is 0.695. The van der Waals surface area contributed by atoms with Crippen LogP contribution in [0, 0.1) is 6.92 Å². The van der Waals surface area contributed by atoms with E-state index in [2.05, 4.69) is 33.4 Å². The van der Waals surface area contributed by atoms with Crippen molar-refractivity contribution in [1.29, 1.82) is 0 Å². The summed E-state index contributed by atoms with van der Waals surface area (Å²) in [6.07, 6.45) is 0. The Morgan fingerprint density at radius 3 is 2.62 bits per heavy atom. The molecule has 0 saturated heterocycles. The fraction of sp³-hybridized carbons (Fsp3) is 0.316. The van der Waals surface area contributed by atoms with Crippen molar-refractivity contribution in [2.45, 2.75) is 25.6 Å². The number of thioether (sulfide) groups is 1. The highest BCUT2D eigenvalue weighted by Gasteiger charge is 2.09. The van der Waals surface area contributed by atoms with E-state index in [0.29, 0.717) is 12.4 Å². The second-order valence-electron chi connectivity index (χ2n) is 5.66. The van der Waals surface area contributed by atoms with Gasteiger partial charge in [-0.1, -0.05) is 46.3 Å². The molecule has 2 aromatic rings. The number of amides is 1. The van der Waals surface area contributed by atoms with Crippen LogP contribution in [-0.4, -0.2) is 24.3 Å². The second-order valence-corrected chi connectivity index (χ2v) is 7.57. The molecule has 2 rings (SSSR count). The van der Waals surface area contributed by atoms with E-state index < -0.39 is 0 Å². The molecule has 0 spiro atoms. The SMILES string of the molecule is Cc1ccccc1OC[C@@H](C)NC(=O)CSCc1ccc(Br)cc1. The molecule has 24 heavy (non-hydrogen) atoms. The van der Waals surface area contributed by atoms with Gasteiger partial charge in [0, 0.05) is 10.2 Å². The van der Waals surface area contributed by atoms with Crippen LogP contribution in [0.4, 0.5) is 0 Å². The highest BCUT2D eigenvalue weighted by Crippen LogP contribution is 2.17. The number of ether oxygens (including phenoxy) is 1. The van der Waals surface area contributed by atoms with Gasteiger partial charge in [0.05, 0.1) is 11.8 Å². The summed E-state index contributed by atoms with van der Waals surface area (Å²) in [7, 11) is 0. The number of nitrogens with one attached hydrogen (secondary N) is 1. The van der Waals surface area contributed by atoms with Gasteiger partial charge in [-0.3, -0.25) is 4.79 Å². The van der Waals surface area contributed by atoms with Crippen LogP contribution in [0.25, 0.3) is 0 Å². The lowest BCUT2D eigenvalue weighted by molar-refractivity contribution is -0.119. The summed E-state index contributed by atoms with van der Waals surface area (Å²) in [6, 6.07) is 16.0. The molecule has 1 N–H and O–H groups in total. The van der Waals surface area contributed by atoms with Crippen LogP contribution in [0.3, 0.4) is 0 Å². The van der Waals surface area contributed by atoms with Gasteiger partial charge in [-0.15, -0.1) is 11.8 Å². The van der Waals surface area contributed by atoms with Gasteiger partial charge in [0.25, 0.3) is 0 Å². The van der Waals surface area contributed by atoms with Gasteiger partial charge in [-0.25, -0.2) is 0 Å². The summed E-state index contributed by atoms with van der Waals surface area (Å²) in [6.45, 7) is 4.43. The van der Waals surface area contributed by atoms with Crippen molar-refractivity contribution in [2.24, 2.45) is 0 Å². The number of halogens is 1. The highest BCUT2D eigenvalue weighted by molar-refractivity contribution is 9.10. The minimum absolute atomic E-state index is 0.0228. The zero-order valence-electron chi connectivity index (χ0n) is 13.9. The average Bonchev–Trinajstić information content (AvgIpc) is 2.56. The van der Waals surface area contributed by atoms with Crippen LogP contribution in [0.1, 0.15) is 18.1 Å². The first-order valence-electron chi connectivity index (χ1n) is 7.84. The normalized spacial score (nSPS) is 11.8. The number of hydrogen-bond acceptors (Lipinski definition) is 3. The van der Waals surface area contributed by atoms with E-state index in [1.165, 1.54) is 5.56 Å². The molecule has 0 heterocycles. The van der Waals surface area contributed by atoms with Gasteiger partial charge in [-0.05, 0) is 43.2 Å². The van der Waals surface area contributed by atoms with E-state index in [0.717, 1.165) is 21.5 Å². The smallest absolute Gasteiger partial charge is 0.230 e. The maximum atomic E-state index is 12.0. The van der Waals surface area contributed by atoms with Gasteiger partial charge >= 0.3 is 0 Å². The lowest BCUT2D eigenvalue weighted by atomic mass is 10.2. The third kappa shape index (κ3) is 6.57.